The molecule has 0 spiro atoms. The van der Waals surface area contributed by atoms with Crippen molar-refractivity contribution in [3.63, 3.8) is 0 Å². The van der Waals surface area contributed by atoms with Crippen LogP contribution in [0.4, 0.5) is 0 Å². The molecule has 0 fully saturated rings. The fraction of sp³-hybridized carbons (Fsp3) is 0.308. The fourth-order valence-corrected chi connectivity index (χ4v) is 4.94. The highest BCUT2D eigenvalue weighted by molar-refractivity contribution is 8.00. The van der Waals surface area contributed by atoms with Crippen molar-refractivity contribution >= 4 is 32.9 Å². The average Bonchev–Trinajstić information content (AvgIpc) is 2.82. The molecule has 1 heterocycles. The molecule has 0 aliphatic carbocycles. The minimum atomic E-state index is -3.15. The molecule has 0 radical (unpaired) electrons. The van der Waals surface area contributed by atoms with Crippen molar-refractivity contribution < 1.29 is 8.42 Å². The lowest BCUT2D eigenvalue weighted by Gasteiger charge is -2.03. The molecule has 0 saturated carbocycles. The Morgan fingerprint density at radius 1 is 1.26 bits per heavy atom. The third kappa shape index (κ3) is 4.33. The lowest BCUT2D eigenvalue weighted by atomic mass is 10.4. The van der Waals surface area contributed by atoms with E-state index in [-0.39, 0.29) is 5.75 Å². The maximum atomic E-state index is 12.0. The third-order valence-corrected chi connectivity index (χ3v) is 6.32. The zero-order valence-corrected chi connectivity index (χ0v) is 13.0. The maximum absolute atomic E-state index is 12.0. The summed E-state index contributed by atoms with van der Waals surface area (Å²) in [5, 5.41) is 3.07. The number of hydrogen-bond acceptors (Lipinski definition) is 5. The Kier molecular flexibility index (Phi) is 5.01. The second-order valence-electron chi connectivity index (χ2n) is 4.04. The van der Waals surface area contributed by atoms with Crippen LogP contribution in [0.5, 0.6) is 0 Å². The van der Waals surface area contributed by atoms with Crippen LogP contribution < -0.4 is 0 Å². The van der Waals surface area contributed by atoms with E-state index >= 15 is 0 Å². The molecule has 6 heteroatoms. The predicted molar refractivity (Wildman–Crippen MR) is 81.5 cm³/mol. The number of thioether (sulfide) groups is 1. The maximum Gasteiger partial charge on any atom is 0.179 e. The molecule has 0 bridgehead atoms. The van der Waals surface area contributed by atoms with E-state index in [9.17, 15) is 8.42 Å². The smallest absolute Gasteiger partial charge is 0.179 e. The van der Waals surface area contributed by atoms with Gasteiger partial charge in [-0.05, 0) is 19.1 Å². The summed E-state index contributed by atoms with van der Waals surface area (Å²) in [6, 6.07) is 8.60. The summed E-state index contributed by atoms with van der Waals surface area (Å²) in [6.07, 6.45) is 0. The van der Waals surface area contributed by atoms with Crippen LogP contribution in [-0.2, 0) is 15.6 Å². The Hall–Kier alpha value is -0.850. The van der Waals surface area contributed by atoms with Crippen molar-refractivity contribution in [3.05, 3.63) is 46.4 Å². The first-order valence-electron chi connectivity index (χ1n) is 5.84. The van der Waals surface area contributed by atoms with Gasteiger partial charge >= 0.3 is 0 Å². The van der Waals surface area contributed by atoms with E-state index in [1.165, 1.54) is 0 Å². The van der Waals surface area contributed by atoms with Gasteiger partial charge in [-0.3, -0.25) is 0 Å². The van der Waals surface area contributed by atoms with Crippen molar-refractivity contribution in [3.8, 4) is 0 Å². The summed E-state index contributed by atoms with van der Waals surface area (Å²) < 4.78 is 24.0. The van der Waals surface area contributed by atoms with E-state index in [4.69, 9.17) is 0 Å². The monoisotopic (exact) mass is 313 g/mol. The molecule has 2 rings (SSSR count). The third-order valence-electron chi connectivity index (χ3n) is 2.52. The van der Waals surface area contributed by atoms with Crippen LogP contribution in [0.2, 0.25) is 0 Å². The van der Waals surface area contributed by atoms with E-state index in [0.717, 1.165) is 16.5 Å². The van der Waals surface area contributed by atoms with Crippen molar-refractivity contribution in [2.45, 2.75) is 17.6 Å². The summed E-state index contributed by atoms with van der Waals surface area (Å²) in [5.74, 6) is 1.53. The summed E-state index contributed by atoms with van der Waals surface area (Å²) in [5.41, 5.74) is 1.03. The number of rotatable bonds is 6. The number of aryl methyl sites for hydroxylation is 1. The van der Waals surface area contributed by atoms with Crippen molar-refractivity contribution in [1.29, 1.82) is 0 Å². The standard InChI is InChI=1S/C13H15NO2S3/c1-11-14-12(10-18-11)9-17-7-8-19(15,16)13-5-3-2-4-6-13/h2-6,10H,7-9H2,1H3. The van der Waals surface area contributed by atoms with Gasteiger partial charge in [0.15, 0.2) is 9.84 Å². The van der Waals surface area contributed by atoms with Crippen LogP contribution in [0.15, 0.2) is 40.6 Å². The first kappa shape index (κ1) is 14.6. The Morgan fingerprint density at radius 2 is 2.00 bits per heavy atom. The average molecular weight is 313 g/mol. The highest BCUT2D eigenvalue weighted by Gasteiger charge is 2.13. The molecule has 1 aromatic heterocycles. The molecule has 19 heavy (non-hydrogen) atoms. The van der Waals surface area contributed by atoms with Gasteiger partial charge in [0.05, 0.1) is 21.3 Å². The van der Waals surface area contributed by atoms with E-state index in [2.05, 4.69) is 4.98 Å². The zero-order chi connectivity index (χ0) is 13.7. The highest BCUT2D eigenvalue weighted by atomic mass is 32.2. The van der Waals surface area contributed by atoms with Gasteiger partial charge in [-0.1, -0.05) is 18.2 Å². The second kappa shape index (κ2) is 6.54. The Balaban J connectivity index is 1.82. The van der Waals surface area contributed by atoms with E-state index in [1.54, 1.807) is 47.4 Å². The Labute approximate surface area is 122 Å². The van der Waals surface area contributed by atoms with E-state index < -0.39 is 9.84 Å². The van der Waals surface area contributed by atoms with Gasteiger partial charge < -0.3 is 0 Å². The summed E-state index contributed by atoms with van der Waals surface area (Å²) in [6.45, 7) is 1.97. The molecular weight excluding hydrogens is 298 g/mol. The van der Waals surface area contributed by atoms with Gasteiger partial charge in [0.25, 0.3) is 0 Å². The molecule has 0 N–H and O–H groups in total. The Morgan fingerprint density at radius 3 is 2.63 bits per heavy atom. The van der Waals surface area contributed by atoms with Crippen molar-refractivity contribution in [2.75, 3.05) is 11.5 Å². The highest BCUT2D eigenvalue weighted by Crippen LogP contribution is 2.17. The van der Waals surface area contributed by atoms with Crippen LogP contribution in [0.3, 0.4) is 0 Å². The summed E-state index contributed by atoms with van der Waals surface area (Å²) in [4.78, 5) is 4.75. The molecule has 1 aromatic carbocycles. The largest absolute Gasteiger partial charge is 0.246 e. The molecule has 0 unspecified atom stereocenters. The number of thiazole rings is 1. The summed E-state index contributed by atoms with van der Waals surface area (Å²) in [7, 11) is -3.15. The van der Waals surface area contributed by atoms with Gasteiger partial charge in [-0.2, -0.15) is 11.8 Å². The lowest BCUT2D eigenvalue weighted by molar-refractivity contribution is 0.597. The molecular formula is C13H15NO2S3. The topological polar surface area (TPSA) is 47.0 Å². The Bertz CT molecular complexity index is 620. The number of nitrogens with zero attached hydrogens (tertiary/aromatic N) is 1. The first-order chi connectivity index (χ1) is 9.08. The lowest BCUT2D eigenvalue weighted by Crippen LogP contribution is -2.08. The van der Waals surface area contributed by atoms with Gasteiger partial charge in [-0.25, -0.2) is 13.4 Å². The second-order valence-corrected chi connectivity index (χ2v) is 8.32. The molecule has 0 aliphatic heterocycles. The molecule has 2 aromatic rings. The molecule has 0 saturated heterocycles. The van der Waals surface area contributed by atoms with Gasteiger partial charge in [0.2, 0.25) is 0 Å². The van der Waals surface area contributed by atoms with Crippen LogP contribution in [0, 0.1) is 6.92 Å². The van der Waals surface area contributed by atoms with E-state index in [0.29, 0.717) is 10.6 Å². The number of aromatic nitrogens is 1. The number of sulfone groups is 1. The van der Waals surface area contributed by atoms with Gasteiger partial charge in [-0.15, -0.1) is 11.3 Å². The van der Waals surface area contributed by atoms with Crippen LogP contribution in [0.25, 0.3) is 0 Å². The van der Waals surface area contributed by atoms with Gasteiger partial charge in [0.1, 0.15) is 0 Å². The predicted octanol–water partition coefficient (Wildman–Crippen LogP) is 3.16. The quantitative estimate of drug-likeness (QED) is 0.769. The van der Waals surface area contributed by atoms with E-state index in [1.807, 2.05) is 18.4 Å². The molecule has 0 atom stereocenters. The summed E-state index contributed by atoms with van der Waals surface area (Å²) >= 11 is 3.23. The van der Waals surface area contributed by atoms with Gasteiger partial charge in [0, 0.05) is 16.9 Å². The van der Waals surface area contributed by atoms with Crippen molar-refractivity contribution in [1.82, 2.24) is 4.98 Å². The number of hydrogen-bond donors (Lipinski definition) is 0. The fourth-order valence-electron chi connectivity index (χ4n) is 1.57. The molecule has 0 amide bonds. The first-order valence-corrected chi connectivity index (χ1v) is 9.53. The minimum Gasteiger partial charge on any atom is -0.246 e. The van der Waals surface area contributed by atoms with Crippen molar-refractivity contribution in [2.24, 2.45) is 0 Å². The SMILES string of the molecule is Cc1nc(CSCCS(=O)(=O)c2ccccc2)cs1. The molecule has 102 valence electrons. The zero-order valence-electron chi connectivity index (χ0n) is 10.6. The normalized spacial score (nSPS) is 11.6. The molecule has 0 aliphatic rings. The minimum absolute atomic E-state index is 0.171. The molecule has 3 nitrogen and oxygen atoms in total. The van der Waals surface area contributed by atoms with Crippen LogP contribution >= 0.6 is 23.1 Å². The number of benzene rings is 1. The van der Waals surface area contributed by atoms with Crippen LogP contribution in [-0.4, -0.2) is 24.9 Å². The van der Waals surface area contributed by atoms with Crippen LogP contribution in [0.1, 0.15) is 10.7 Å².